The van der Waals surface area contributed by atoms with E-state index in [4.69, 9.17) is 4.52 Å². The number of hydrogen-bond donors (Lipinski definition) is 0. The lowest BCUT2D eigenvalue weighted by Crippen LogP contribution is -2.58. The molecule has 4 saturated carbocycles. The van der Waals surface area contributed by atoms with Gasteiger partial charge in [0.05, 0.1) is 5.41 Å². The van der Waals surface area contributed by atoms with E-state index in [2.05, 4.69) is 24.9 Å². The van der Waals surface area contributed by atoms with Gasteiger partial charge in [-0.25, -0.2) is 4.98 Å². The van der Waals surface area contributed by atoms with Crippen LogP contribution in [0.5, 0.6) is 0 Å². The van der Waals surface area contributed by atoms with Crippen LogP contribution in [0.25, 0.3) is 11.4 Å². The molecule has 5 fully saturated rings. The van der Waals surface area contributed by atoms with Gasteiger partial charge in [-0.05, 0) is 68.4 Å². The van der Waals surface area contributed by atoms with Gasteiger partial charge in [-0.3, -0.25) is 4.79 Å². The monoisotopic (exact) mass is 421 g/mol. The summed E-state index contributed by atoms with van der Waals surface area (Å²) in [6, 6.07) is 4.02. The molecule has 4 aliphatic carbocycles. The molecule has 0 atom stereocenters. The van der Waals surface area contributed by atoms with Crippen LogP contribution in [0.3, 0.4) is 0 Å². The molecule has 1 saturated heterocycles. The molecule has 1 aliphatic heterocycles. The lowest BCUT2D eigenvalue weighted by atomic mass is 9.49. The quantitative estimate of drug-likeness (QED) is 0.751. The van der Waals surface area contributed by atoms with Gasteiger partial charge >= 0.3 is 0 Å². The second kappa shape index (κ2) is 7.31. The maximum absolute atomic E-state index is 13.6. The Morgan fingerprint density at radius 1 is 1.06 bits per heavy atom. The Morgan fingerprint density at radius 3 is 2.29 bits per heavy atom. The first kappa shape index (κ1) is 19.3. The molecule has 7 nitrogen and oxygen atoms in total. The normalized spacial score (nSPS) is 32.0. The molecule has 0 N–H and O–H groups in total. The maximum Gasteiger partial charge on any atom is 0.228 e. The Hall–Kier alpha value is -2.44. The number of anilines is 1. The van der Waals surface area contributed by atoms with Gasteiger partial charge in [-0.15, -0.1) is 0 Å². The first-order valence-corrected chi connectivity index (χ1v) is 12.0. The number of aromatic nitrogens is 3. The molecular weight excluding hydrogens is 390 g/mol. The molecule has 7 heteroatoms. The molecule has 3 heterocycles. The van der Waals surface area contributed by atoms with Crippen LogP contribution in [-0.4, -0.2) is 52.1 Å². The first-order chi connectivity index (χ1) is 15.1. The molecule has 0 unspecified atom stereocenters. The molecule has 1 amide bonds. The second-order valence-electron chi connectivity index (χ2n) is 10.2. The molecule has 2 aromatic heterocycles. The summed E-state index contributed by atoms with van der Waals surface area (Å²) in [7, 11) is 0. The minimum absolute atomic E-state index is 0.0290. The zero-order valence-electron chi connectivity index (χ0n) is 18.3. The summed E-state index contributed by atoms with van der Waals surface area (Å²) < 4.78 is 5.20. The van der Waals surface area contributed by atoms with E-state index in [1.54, 1.807) is 0 Å². The van der Waals surface area contributed by atoms with Crippen molar-refractivity contribution in [2.45, 2.75) is 51.9 Å². The van der Waals surface area contributed by atoms with Gasteiger partial charge in [-0.1, -0.05) is 12.1 Å². The summed E-state index contributed by atoms with van der Waals surface area (Å²) in [5, 5.41) is 4.02. The predicted octanol–water partition coefficient (Wildman–Crippen LogP) is 3.56. The topological polar surface area (TPSA) is 75.4 Å². The number of carbonyl (C=O) groups excluding carboxylic acids is 1. The summed E-state index contributed by atoms with van der Waals surface area (Å²) >= 11 is 0. The Morgan fingerprint density at radius 2 is 1.74 bits per heavy atom. The lowest BCUT2D eigenvalue weighted by Gasteiger charge is -2.57. The van der Waals surface area contributed by atoms with Gasteiger partial charge in [0.25, 0.3) is 0 Å². The SMILES string of the molecule is CCc1nc(-c2ccc(N3CCN(C(=O)C45CC6CC(CC(C6)C4)C5)CC3)nc2)no1. The first-order valence-electron chi connectivity index (χ1n) is 12.0. The van der Waals surface area contributed by atoms with Crippen LogP contribution in [0, 0.1) is 23.2 Å². The lowest BCUT2D eigenvalue weighted by molar-refractivity contribution is -0.158. The number of nitrogens with zero attached hydrogens (tertiary/aromatic N) is 5. The smallest absolute Gasteiger partial charge is 0.228 e. The number of aryl methyl sites for hydroxylation is 1. The maximum atomic E-state index is 13.6. The van der Waals surface area contributed by atoms with Gasteiger partial charge in [0.1, 0.15) is 5.82 Å². The van der Waals surface area contributed by atoms with E-state index in [9.17, 15) is 4.79 Å². The number of pyridine rings is 1. The number of piperazine rings is 1. The van der Waals surface area contributed by atoms with E-state index in [0.717, 1.165) is 81.0 Å². The van der Waals surface area contributed by atoms with Crippen molar-refractivity contribution in [3.05, 3.63) is 24.2 Å². The van der Waals surface area contributed by atoms with Crippen LogP contribution in [0.15, 0.2) is 22.9 Å². The average Bonchev–Trinajstić information content (AvgIpc) is 3.27. The second-order valence-corrected chi connectivity index (χ2v) is 10.2. The molecule has 31 heavy (non-hydrogen) atoms. The fourth-order valence-corrected chi connectivity index (χ4v) is 7.07. The molecule has 7 rings (SSSR count). The standard InChI is InChI=1S/C24H31N5O2/c1-2-21-26-22(27-31-21)19-3-4-20(25-15-19)28-5-7-29(8-6-28)23(30)24-12-16-9-17(13-24)11-18(10-16)14-24/h3-4,15-18H,2,5-14H2,1H3. The van der Waals surface area contributed by atoms with Gasteiger partial charge in [0.2, 0.25) is 17.6 Å². The number of hydrogen-bond acceptors (Lipinski definition) is 6. The molecule has 0 radical (unpaired) electrons. The third-order valence-corrected chi connectivity index (χ3v) is 8.16. The Bertz CT molecular complexity index is 925. The Kier molecular flexibility index (Phi) is 4.54. The number of carbonyl (C=O) groups is 1. The van der Waals surface area contributed by atoms with Crippen molar-refractivity contribution >= 4 is 11.7 Å². The van der Waals surface area contributed by atoms with Crippen molar-refractivity contribution in [3.8, 4) is 11.4 Å². The van der Waals surface area contributed by atoms with E-state index in [-0.39, 0.29) is 5.41 Å². The zero-order chi connectivity index (χ0) is 21.0. The van der Waals surface area contributed by atoms with Crippen molar-refractivity contribution in [2.24, 2.45) is 23.2 Å². The molecule has 4 bridgehead atoms. The van der Waals surface area contributed by atoms with Gasteiger partial charge in [0, 0.05) is 44.4 Å². The molecular formula is C24H31N5O2. The summed E-state index contributed by atoms with van der Waals surface area (Å²) in [6.45, 7) is 5.27. The molecule has 0 aromatic carbocycles. The average molecular weight is 422 g/mol. The minimum Gasteiger partial charge on any atom is -0.353 e. The van der Waals surface area contributed by atoms with Gasteiger partial charge < -0.3 is 14.3 Å². The van der Waals surface area contributed by atoms with E-state index in [0.29, 0.717) is 17.6 Å². The number of amides is 1. The van der Waals surface area contributed by atoms with Crippen LogP contribution >= 0.6 is 0 Å². The van der Waals surface area contributed by atoms with Crippen LogP contribution in [0.1, 0.15) is 51.3 Å². The summed E-state index contributed by atoms with van der Waals surface area (Å²) in [5.74, 6) is 5.06. The van der Waals surface area contributed by atoms with Crippen LogP contribution in [0.4, 0.5) is 5.82 Å². The van der Waals surface area contributed by atoms with Gasteiger partial charge in [-0.2, -0.15) is 4.98 Å². The summed E-state index contributed by atoms with van der Waals surface area (Å²) in [4.78, 5) is 27.0. The molecule has 2 aromatic rings. The predicted molar refractivity (Wildman–Crippen MR) is 116 cm³/mol. The summed E-state index contributed by atoms with van der Waals surface area (Å²) in [5.41, 5.74) is 0.835. The van der Waals surface area contributed by atoms with Crippen LogP contribution < -0.4 is 4.90 Å². The van der Waals surface area contributed by atoms with E-state index >= 15 is 0 Å². The third-order valence-electron chi connectivity index (χ3n) is 8.16. The van der Waals surface area contributed by atoms with Crippen molar-refractivity contribution in [2.75, 3.05) is 31.1 Å². The largest absolute Gasteiger partial charge is 0.353 e. The third kappa shape index (κ3) is 3.33. The molecule has 5 aliphatic rings. The number of rotatable bonds is 4. The Labute approximate surface area is 183 Å². The Balaban J connectivity index is 1.10. The van der Waals surface area contributed by atoms with E-state index in [1.165, 1.54) is 19.3 Å². The van der Waals surface area contributed by atoms with Crippen molar-refractivity contribution in [1.82, 2.24) is 20.0 Å². The highest BCUT2D eigenvalue weighted by Crippen LogP contribution is 2.60. The molecule has 164 valence electrons. The van der Waals surface area contributed by atoms with Crippen molar-refractivity contribution < 1.29 is 9.32 Å². The van der Waals surface area contributed by atoms with Gasteiger partial charge in [0.15, 0.2) is 0 Å². The van der Waals surface area contributed by atoms with E-state index in [1.807, 2.05) is 25.3 Å². The van der Waals surface area contributed by atoms with Crippen LogP contribution in [0.2, 0.25) is 0 Å². The van der Waals surface area contributed by atoms with Crippen molar-refractivity contribution in [1.29, 1.82) is 0 Å². The highest BCUT2D eigenvalue weighted by Gasteiger charge is 2.55. The van der Waals surface area contributed by atoms with Crippen molar-refractivity contribution in [3.63, 3.8) is 0 Å². The fourth-order valence-electron chi connectivity index (χ4n) is 7.07. The van der Waals surface area contributed by atoms with Crippen LogP contribution in [-0.2, 0) is 11.2 Å². The highest BCUT2D eigenvalue weighted by molar-refractivity contribution is 5.83. The fraction of sp³-hybridized carbons (Fsp3) is 0.667. The summed E-state index contributed by atoms with van der Waals surface area (Å²) in [6.07, 6.45) is 10.1. The highest BCUT2D eigenvalue weighted by atomic mass is 16.5. The van der Waals surface area contributed by atoms with E-state index < -0.39 is 0 Å². The minimum atomic E-state index is -0.0290. The zero-order valence-corrected chi connectivity index (χ0v) is 18.3. The molecule has 0 spiro atoms.